The molecule has 168 valence electrons. The number of hydrogen-bond acceptors (Lipinski definition) is 6. The molecular formula is C26H22BrNO5. The van der Waals surface area contributed by atoms with Crippen LogP contribution in [0.15, 0.2) is 88.0 Å². The predicted molar refractivity (Wildman–Crippen MR) is 130 cm³/mol. The van der Waals surface area contributed by atoms with Crippen LogP contribution in [0.25, 0.3) is 6.08 Å². The highest BCUT2D eigenvalue weighted by atomic mass is 79.9. The van der Waals surface area contributed by atoms with Crippen LogP contribution in [0.2, 0.25) is 0 Å². The maximum absolute atomic E-state index is 12.3. The molecule has 0 fully saturated rings. The van der Waals surface area contributed by atoms with Crippen molar-refractivity contribution in [2.45, 2.75) is 6.42 Å². The minimum atomic E-state index is -0.498. The molecule has 1 aliphatic rings. The molecule has 0 radical (unpaired) electrons. The van der Waals surface area contributed by atoms with Crippen LogP contribution in [0.3, 0.4) is 0 Å². The average Bonchev–Trinajstić information content (AvgIpc) is 3.21. The van der Waals surface area contributed by atoms with Crippen LogP contribution in [-0.4, -0.2) is 32.2 Å². The molecule has 6 nitrogen and oxygen atoms in total. The lowest BCUT2D eigenvalue weighted by Gasteiger charge is -2.14. The van der Waals surface area contributed by atoms with Gasteiger partial charge in [0.25, 0.3) is 0 Å². The van der Waals surface area contributed by atoms with E-state index in [0.717, 1.165) is 16.9 Å². The van der Waals surface area contributed by atoms with Crippen molar-refractivity contribution in [1.82, 2.24) is 0 Å². The van der Waals surface area contributed by atoms with E-state index >= 15 is 0 Å². The largest absolute Gasteiger partial charge is 0.493 e. The minimum absolute atomic E-state index is 0.217. The van der Waals surface area contributed by atoms with Crippen LogP contribution in [0.5, 0.6) is 17.2 Å². The van der Waals surface area contributed by atoms with Gasteiger partial charge in [-0.15, -0.1) is 0 Å². The molecule has 0 aromatic heterocycles. The number of methoxy groups -OCH3 is 1. The molecule has 0 aliphatic carbocycles. The van der Waals surface area contributed by atoms with Crippen LogP contribution in [0.4, 0.5) is 0 Å². The van der Waals surface area contributed by atoms with E-state index in [2.05, 4.69) is 20.9 Å². The fourth-order valence-electron chi connectivity index (χ4n) is 3.17. The van der Waals surface area contributed by atoms with Gasteiger partial charge >= 0.3 is 5.97 Å². The number of halogens is 1. The molecule has 1 heterocycles. The summed E-state index contributed by atoms with van der Waals surface area (Å²) in [6.45, 7) is 0.997. The zero-order valence-corrected chi connectivity index (χ0v) is 19.6. The summed E-state index contributed by atoms with van der Waals surface area (Å²) in [6, 6.07) is 22.6. The Kier molecular flexibility index (Phi) is 7.42. The Bertz CT molecular complexity index is 1180. The van der Waals surface area contributed by atoms with Crippen molar-refractivity contribution in [3.63, 3.8) is 0 Å². The fraction of sp³-hybridized carbons (Fsp3) is 0.154. The van der Waals surface area contributed by atoms with Gasteiger partial charge in [0.1, 0.15) is 5.75 Å². The fourth-order valence-corrected chi connectivity index (χ4v) is 3.75. The van der Waals surface area contributed by atoms with Crippen LogP contribution < -0.4 is 14.2 Å². The second-order valence-corrected chi connectivity index (χ2v) is 7.95. The molecule has 3 aromatic rings. The molecule has 0 amide bonds. The molecule has 0 atom stereocenters. The molecule has 0 unspecified atom stereocenters. The number of para-hydroxylation sites is 1. The Morgan fingerprint density at radius 2 is 1.67 bits per heavy atom. The van der Waals surface area contributed by atoms with E-state index in [0.29, 0.717) is 35.6 Å². The van der Waals surface area contributed by atoms with Gasteiger partial charge in [-0.3, -0.25) is 0 Å². The van der Waals surface area contributed by atoms with Gasteiger partial charge in [-0.05, 0) is 64.0 Å². The van der Waals surface area contributed by atoms with Gasteiger partial charge in [-0.2, -0.15) is 0 Å². The van der Waals surface area contributed by atoms with E-state index in [1.54, 1.807) is 19.3 Å². The quantitative estimate of drug-likeness (QED) is 0.212. The first-order valence-electron chi connectivity index (χ1n) is 10.4. The monoisotopic (exact) mass is 507 g/mol. The van der Waals surface area contributed by atoms with E-state index < -0.39 is 5.97 Å². The first-order valence-corrected chi connectivity index (χ1v) is 11.2. The lowest BCUT2D eigenvalue weighted by atomic mass is 10.1. The standard InChI is InChI=1S/C26H22BrNO5/c1-30-23-17-18(16-22-26(29)33-25(28-22)19-9-4-2-5-10-19)15-21(27)24(23)32-14-8-13-31-20-11-6-3-7-12-20/h2-7,9-12,15-17H,8,13-14H2,1H3. The third-order valence-electron chi connectivity index (χ3n) is 4.74. The molecule has 0 spiro atoms. The smallest absolute Gasteiger partial charge is 0.363 e. The van der Waals surface area contributed by atoms with Crippen molar-refractivity contribution in [3.8, 4) is 17.2 Å². The number of nitrogens with zero attached hydrogens (tertiary/aromatic N) is 1. The molecular weight excluding hydrogens is 486 g/mol. The van der Waals surface area contributed by atoms with Crippen molar-refractivity contribution < 1.29 is 23.7 Å². The van der Waals surface area contributed by atoms with Gasteiger partial charge in [0.15, 0.2) is 17.2 Å². The zero-order valence-electron chi connectivity index (χ0n) is 18.0. The topological polar surface area (TPSA) is 66.4 Å². The molecule has 0 saturated carbocycles. The molecule has 4 rings (SSSR count). The number of rotatable bonds is 9. The number of ether oxygens (including phenoxy) is 4. The Labute approximate surface area is 200 Å². The highest BCUT2D eigenvalue weighted by Gasteiger charge is 2.24. The van der Waals surface area contributed by atoms with E-state index in [1.165, 1.54) is 0 Å². The molecule has 3 aromatic carbocycles. The summed E-state index contributed by atoms with van der Waals surface area (Å²) in [5.41, 5.74) is 1.69. The number of carbonyl (C=O) groups excluding carboxylic acids is 1. The summed E-state index contributed by atoms with van der Waals surface area (Å²) >= 11 is 3.54. The summed E-state index contributed by atoms with van der Waals surface area (Å²) in [5.74, 6) is 1.75. The van der Waals surface area contributed by atoms with Crippen molar-refractivity contribution in [2.24, 2.45) is 4.99 Å². The lowest BCUT2D eigenvalue weighted by Crippen LogP contribution is -2.06. The number of hydrogen-bond donors (Lipinski definition) is 0. The maximum atomic E-state index is 12.3. The first-order chi connectivity index (χ1) is 16.1. The molecule has 1 aliphatic heterocycles. The van der Waals surface area contributed by atoms with Crippen molar-refractivity contribution >= 4 is 33.9 Å². The highest BCUT2D eigenvalue weighted by Crippen LogP contribution is 2.37. The molecule has 0 bridgehead atoms. The van der Waals surface area contributed by atoms with Crippen molar-refractivity contribution in [2.75, 3.05) is 20.3 Å². The molecule has 0 N–H and O–H groups in total. The van der Waals surface area contributed by atoms with Gasteiger partial charge < -0.3 is 18.9 Å². The van der Waals surface area contributed by atoms with Crippen LogP contribution >= 0.6 is 15.9 Å². The first kappa shape index (κ1) is 22.6. The van der Waals surface area contributed by atoms with E-state index in [1.807, 2.05) is 66.7 Å². The average molecular weight is 508 g/mol. The highest BCUT2D eigenvalue weighted by molar-refractivity contribution is 9.10. The predicted octanol–water partition coefficient (Wildman–Crippen LogP) is 5.65. The third kappa shape index (κ3) is 5.81. The second kappa shape index (κ2) is 10.8. The van der Waals surface area contributed by atoms with E-state index in [9.17, 15) is 4.79 Å². The third-order valence-corrected chi connectivity index (χ3v) is 5.33. The number of cyclic esters (lactones) is 1. The zero-order chi connectivity index (χ0) is 23.0. The van der Waals surface area contributed by atoms with Crippen molar-refractivity contribution in [1.29, 1.82) is 0 Å². The van der Waals surface area contributed by atoms with Gasteiger partial charge in [0.2, 0.25) is 5.90 Å². The van der Waals surface area contributed by atoms with Gasteiger partial charge in [0.05, 0.1) is 24.8 Å². The Morgan fingerprint density at radius 1 is 0.970 bits per heavy atom. The van der Waals surface area contributed by atoms with Crippen LogP contribution in [0.1, 0.15) is 17.5 Å². The summed E-state index contributed by atoms with van der Waals surface area (Å²) < 4.78 is 23.1. The van der Waals surface area contributed by atoms with E-state index in [-0.39, 0.29) is 11.6 Å². The summed E-state index contributed by atoms with van der Waals surface area (Å²) in [7, 11) is 1.57. The molecule has 7 heteroatoms. The van der Waals surface area contributed by atoms with Crippen molar-refractivity contribution in [3.05, 3.63) is 94.1 Å². The second-order valence-electron chi connectivity index (χ2n) is 7.10. The van der Waals surface area contributed by atoms with E-state index in [4.69, 9.17) is 18.9 Å². The van der Waals surface area contributed by atoms with Gasteiger partial charge in [0, 0.05) is 12.0 Å². The SMILES string of the molecule is COc1cc(C=C2N=C(c3ccccc3)OC2=O)cc(Br)c1OCCCOc1ccccc1. The number of esters is 1. The van der Waals surface area contributed by atoms with Crippen LogP contribution in [0, 0.1) is 0 Å². The normalized spacial score (nSPS) is 14.1. The molecule has 0 saturated heterocycles. The number of aliphatic imine (C=N–C) groups is 1. The summed E-state index contributed by atoms with van der Waals surface area (Å²) in [6.07, 6.45) is 2.36. The van der Waals surface area contributed by atoms with Gasteiger partial charge in [-0.25, -0.2) is 9.79 Å². The number of benzene rings is 3. The lowest BCUT2D eigenvalue weighted by molar-refractivity contribution is -0.129. The summed E-state index contributed by atoms with van der Waals surface area (Å²) in [5, 5.41) is 0. The maximum Gasteiger partial charge on any atom is 0.363 e. The van der Waals surface area contributed by atoms with Crippen LogP contribution in [-0.2, 0) is 9.53 Å². The minimum Gasteiger partial charge on any atom is -0.493 e. The Morgan fingerprint density at radius 3 is 2.39 bits per heavy atom. The number of carbonyl (C=O) groups is 1. The molecule has 33 heavy (non-hydrogen) atoms. The summed E-state index contributed by atoms with van der Waals surface area (Å²) in [4.78, 5) is 16.6. The van der Waals surface area contributed by atoms with Gasteiger partial charge in [-0.1, -0.05) is 36.4 Å². The Balaban J connectivity index is 1.42. The Hall–Kier alpha value is -3.58.